The molecule has 2 nitrogen and oxygen atoms in total. The molecule has 0 aromatic heterocycles. The van der Waals surface area contributed by atoms with Crippen LogP contribution in [0.3, 0.4) is 0 Å². The molecule has 1 aliphatic rings. The van der Waals surface area contributed by atoms with Crippen LogP contribution < -0.4 is 5.73 Å². The monoisotopic (exact) mass is 213 g/mol. The molecule has 3 atom stereocenters. The molecule has 3 unspecified atom stereocenters. The number of ether oxygens (including phenoxy) is 1. The van der Waals surface area contributed by atoms with Crippen molar-refractivity contribution in [3.63, 3.8) is 0 Å². The van der Waals surface area contributed by atoms with Gasteiger partial charge in [-0.05, 0) is 39.0 Å². The summed E-state index contributed by atoms with van der Waals surface area (Å²) in [6.07, 6.45) is 3.44. The van der Waals surface area contributed by atoms with Gasteiger partial charge in [0.2, 0.25) is 0 Å². The van der Waals surface area contributed by atoms with Crippen LogP contribution in [0.4, 0.5) is 0 Å². The lowest BCUT2D eigenvalue weighted by Crippen LogP contribution is -2.55. The van der Waals surface area contributed by atoms with Crippen LogP contribution in [0.25, 0.3) is 0 Å². The zero-order valence-corrected chi connectivity index (χ0v) is 11.0. The number of rotatable bonds is 5. The SMILES string of the molecule is CCC(C)(OCC1CCC1(C)N)C(C)C. The Morgan fingerprint density at radius 1 is 1.53 bits per heavy atom. The Hall–Kier alpha value is -0.0800. The zero-order chi connectivity index (χ0) is 11.7. The number of nitrogens with two attached hydrogens (primary N) is 1. The third kappa shape index (κ3) is 2.73. The first-order chi connectivity index (χ1) is 6.82. The maximum Gasteiger partial charge on any atom is 0.0674 e. The molecule has 1 fully saturated rings. The van der Waals surface area contributed by atoms with Crippen LogP contribution in [0.2, 0.25) is 0 Å². The third-order valence-electron chi connectivity index (χ3n) is 4.50. The summed E-state index contributed by atoms with van der Waals surface area (Å²) in [6.45, 7) is 11.8. The van der Waals surface area contributed by atoms with Crippen LogP contribution in [0.1, 0.15) is 53.9 Å². The molecule has 0 aromatic rings. The molecular formula is C13H27NO. The van der Waals surface area contributed by atoms with Gasteiger partial charge in [-0.2, -0.15) is 0 Å². The van der Waals surface area contributed by atoms with Gasteiger partial charge in [-0.25, -0.2) is 0 Å². The van der Waals surface area contributed by atoms with Crippen molar-refractivity contribution in [2.45, 2.75) is 65.0 Å². The van der Waals surface area contributed by atoms with E-state index in [0.29, 0.717) is 11.8 Å². The van der Waals surface area contributed by atoms with Gasteiger partial charge < -0.3 is 10.5 Å². The molecular weight excluding hydrogens is 186 g/mol. The first-order valence-electron chi connectivity index (χ1n) is 6.24. The molecule has 0 amide bonds. The van der Waals surface area contributed by atoms with Crippen LogP contribution in [-0.2, 0) is 4.74 Å². The van der Waals surface area contributed by atoms with Gasteiger partial charge >= 0.3 is 0 Å². The van der Waals surface area contributed by atoms with Gasteiger partial charge in [0.25, 0.3) is 0 Å². The van der Waals surface area contributed by atoms with Crippen molar-refractivity contribution < 1.29 is 4.74 Å². The van der Waals surface area contributed by atoms with Crippen molar-refractivity contribution in [1.82, 2.24) is 0 Å². The fraction of sp³-hybridized carbons (Fsp3) is 1.00. The molecule has 1 rings (SSSR count). The summed E-state index contributed by atoms with van der Waals surface area (Å²) in [5, 5.41) is 0. The summed E-state index contributed by atoms with van der Waals surface area (Å²) in [6, 6.07) is 0. The number of hydrogen-bond donors (Lipinski definition) is 1. The molecule has 0 bridgehead atoms. The second-order valence-electron chi connectivity index (χ2n) is 5.87. The predicted molar refractivity (Wildman–Crippen MR) is 64.8 cm³/mol. The van der Waals surface area contributed by atoms with Crippen LogP contribution in [0.15, 0.2) is 0 Å². The highest BCUT2D eigenvalue weighted by molar-refractivity contribution is 4.97. The van der Waals surface area contributed by atoms with Gasteiger partial charge in [0.05, 0.1) is 12.2 Å². The minimum absolute atomic E-state index is 0.0195. The van der Waals surface area contributed by atoms with Gasteiger partial charge in [-0.3, -0.25) is 0 Å². The van der Waals surface area contributed by atoms with Crippen LogP contribution in [0.5, 0.6) is 0 Å². The second kappa shape index (κ2) is 4.42. The summed E-state index contributed by atoms with van der Waals surface area (Å²) >= 11 is 0. The number of hydrogen-bond acceptors (Lipinski definition) is 2. The van der Waals surface area contributed by atoms with Crippen molar-refractivity contribution in [3.8, 4) is 0 Å². The average molecular weight is 213 g/mol. The van der Waals surface area contributed by atoms with Gasteiger partial charge in [0.1, 0.15) is 0 Å². The lowest BCUT2D eigenvalue weighted by Gasteiger charge is -2.46. The predicted octanol–water partition coefficient (Wildman–Crippen LogP) is 2.96. The topological polar surface area (TPSA) is 35.2 Å². The molecule has 0 saturated heterocycles. The van der Waals surface area contributed by atoms with E-state index >= 15 is 0 Å². The summed E-state index contributed by atoms with van der Waals surface area (Å²) < 4.78 is 6.10. The van der Waals surface area contributed by atoms with E-state index in [-0.39, 0.29) is 11.1 Å². The second-order valence-corrected chi connectivity index (χ2v) is 5.87. The molecule has 2 heteroatoms. The summed E-state index contributed by atoms with van der Waals surface area (Å²) in [7, 11) is 0. The summed E-state index contributed by atoms with van der Waals surface area (Å²) in [4.78, 5) is 0. The maximum absolute atomic E-state index is 6.13. The Balaban J connectivity index is 2.42. The van der Waals surface area contributed by atoms with E-state index in [0.717, 1.165) is 19.4 Å². The van der Waals surface area contributed by atoms with E-state index in [1.54, 1.807) is 0 Å². The highest BCUT2D eigenvalue weighted by atomic mass is 16.5. The Morgan fingerprint density at radius 2 is 2.13 bits per heavy atom. The molecule has 2 N–H and O–H groups in total. The van der Waals surface area contributed by atoms with Crippen molar-refractivity contribution >= 4 is 0 Å². The molecule has 0 spiro atoms. The van der Waals surface area contributed by atoms with Crippen LogP contribution in [0, 0.1) is 11.8 Å². The van der Waals surface area contributed by atoms with Crippen molar-refractivity contribution in [1.29, 1.82) is 0 Å². The molecule has 1 aliphatic carbocycles. The molecule has 15 heavy (non-hydrogen) atoms. The molecule has 0 radical (unpaired) electrons. The normalized spacial score (nSPS) is 35.0. The van der Waals surface area contributed by atoms with Gasteiger partial charge in [-0.1, -0.05) is 20.8 Å². The third-order valence-corrected chi connectivity index (χ3v) is 4.50. The highest BCUT2D eigenvalue weighted by Crippen LogP contribution is 2.37. The van der Waals surface area contributed by atoms with E-state index in [9.17, 15) is 0 Å². The highest BCUT2D eigenvalue weighted by Gasteiger charge is 2.40. The van der Waals surface area contributed by atoms with E-state index in [2.05, 4.69) is 34.6 Å². The average Bonchev–Trinajstić information content (AvgIpc) is 2.15. The lowest BCUT2D eigenvalue weighted by atomic mass is 9.69. The standard InChI is InChI=1S/C13H27NO/c1-6-13(5,10(2)3)15-9-11-7-8-12(11,4)14/h10-11H,6-9,14H2,1-5H3. The zero-order valence-electron chi connectivity index (χ0n) is 11.0. The van der Waals surface area contributed by atoms with Gasteiger partial charge in [-0.15, -0.1) is 0 Å². The van der Waals surface area contributed by atoms with Crippen LogP contribution in [-0.4, -0.2) is 17.7 Å². The fourth-order valence-corrected chi connectivity index (χ4v) is 2.05. The molecule has 0 aliphatic heterocycles. The van der Waals surface area contributed by atoms with E-state index in [1.165, 1.54) is 6.42 Å². The van der Waals surface area contributed by atoms with Gasteiger partial charge in [0, 0.05) is 11.5 Å². The Bertz CT molecular complexity index is 213. The van der Waals surface area contributed by atoms with E-state index in [4.69, 9.17) is 10.5 Å². The molecule has 0 heterocycles. The first kappa shape index (κ1) is 13.0. The van der Waals surface area contributed by atoms with E-state index < -0.39 is 0 Å². The van der Waals surface area contributed by atoms with Crippen LogP contribution >= 0.6 is 0 Å². The van der Waals surface area contributed by atoms with Crippen molar-refractivity contribution in [3.05, 3.63) is 0 Å². The summed E-state index contributed by atoms with van der Waals surface area (Å²) in [5.74, 6) is 1.12. The summed E-state index contributed by atoms with van der Waals surface area (Å²) in [5.41, 5.74) is 6.17. The Kier molecular flexibility index (Phi) is 3.83. The molecule has 0 aromatic carbocycles. The van der Waals surface area contributed by atoms with Crippen molar-refractivity contribution in [2.75, 3.05) is 6.61 Å². The lowest BCUT2D eigenvalue weighted by molar-refractivity contribution is -0.102. The largest absolute Gasteiger partial charge is 0.375 e. The minimum Gasteiger partial charge on any atom is -0.375 e. The Labute approximate surface area is 94.6 Å². The van der Waals surface area contributed by atoms with E-state index in [1.807, 2.05) is 0 Å². The molecule has 1 saturated carbocycles. The quantitative estimate of drug-likeness (QED) is 0.762. The molecule has 90 valence electrons. The van der Waals surface area contributed by atoms with Crippen molar-refractivity contribution in [2.24, 2.45) is 17.6 Å². The first-order valence-corrected chi connectivity index (χ1v) is 6.24. The fourth-order valence-electron chi connectivity index (χ4n) is 2.05. The Morgan fingerprint density at radius 3 is 2.40 bits per heavy atom. The smallest absolute Gasteiger partial charge is 0.0674 e. The minimum atomic E-state index is 0.0195. The van der Waals surface area contributed by atoms with Gasteiger partial charge in [0.15, 0.2) is 0 Å². The maximum atomic E-state index is 6.13.